The average Bonchev–Trinajstić information content (AvgIpc) is 2.67. The first-order chi connectivity index (χ1) is 13.2. The van der Waals surface area contributed by atoms with Crippen molar-refractivity contribution in [3.63, 3.8) is 0 Å². The van der Waals surface area contributed by atoms with E-state index in [1.165, 1.54) is 16.6 Å². The molecule has 0 radical (unpaired) electrons. The molecule has 1 atom stereocenters. The lowest BCUT2D eigenvalue weighted by molar-refractivity contribution is -0.274. The molecule has 28 heavy (non-hydrogen) atoms. The topological polar surface area (TPSA) is 41.6 Å². The van der Waals surface area contributed by atoms with Crippen LogP contribution in [0.4, 0.5) is 13.2 Å². The third kappa shape index (κ3) is 6.42. The Labute approximate surface area is 167 Å². The molecular weight excluding hydrogens is 393 g/mol. The molecule has 8 heteroatoms. The molecule has 152 valence electrons. The summed E-state index contributed by atoms with van der Waals surface area (Å²) in [6, 6.07) is 12.9. The van der Waals surface area contributed by atoms with Crippen LogP contribution in [0.5, 0.6) is 5.75 Å². The van der Waals surface area contributed by atoms with Crippen molar-refractivity contribution in [1.82, 2.24) is 9.74 Å². The number of rotatable bonds is 8. The summed E-state index contributed by atoms with van der Waals surface area (Å²) in [4.78, 5) is 12.1. The van der Waals surface area contributed by atoms with Gasteiger partial charge in [-0.3, -0.25) is 9.21 Å². The number of carbonyl (C=O) groups is 1. The number of hydrogen-bond donors (Lipinski definition) is 1. The number of carbonyl (C=O) groups excluding carboxylic acids is 1. The van der Waals surface area contributed by atoms with Crippen molar-refractivity contribution >= 4 is 17.7 Å². The summed E-state index contributed by atoms with van der Waals surface area (Å²) < 4.78 is 41.7. The second-order valence-electron chi connectivity index (χ2n) is 6.19. The van der Waals surface area contributed by atoms with Crippen LogP contribution in [-0.4, -0.2) is 36.3 Å². The lowest BCUT2D eigenvalue weighted by atomic mass is 10.0. The summed E-state index contributed by atoms with van der Waals surface area (Å²) in [6.45, 7) is 2.28. The van der Waals surface area contributed by atoms with Gasteiger partial charge in [0.2, 0.25) is 0 Å². The van der Waals surface area contributed by atoms with E-state index in [4.69, 9.17) is 11.8 Å². The van der Waals surface area contributed by atoms with Crippen LogP contribution in [0.25, 0.3) is 11.1 Å². The van der Waals surface area contributed by atoms with Gasteiger partial charge in [-0.25, -0.2) is 0 Å². The van der Waals surface area contributed by atoms with Gasteiger partial charge in [-0.15, -0.1) is 13.2 Å². The lowest BCUT2D eigenvalue weighted by Gasteiger charge is -2.20. The molecule has 0 saturated heterocycles. The van der Waals surface area contributed by atoms with Gasteiger partial charge >= 0.3 is 6.36 Å². The minimum atomic E-state index is -4.70. The first-order valence-electron chi connectivity index (χ1n) is 8.83. The van der Waals surface area contributed by atoms with E-state index in [1.54, 1.807) is 19.2 Å². The van der Waals surface area contributed by atoms with Gasteiger partial charge in [0.05, 0.1) is 6.04 Å². The monoisotopic (exact) mass is 414 g/mol. The van der Waals surface area contributed by atoms with Crippen molar-refractivity contribution in [2.75, 3.05) is 13.6 Å². The zero-order chi connectivity index (χ0) is 20.7. The highest BCUT2D eigenvalue weighted by molar-refractivity contribution is 6.21. The molecule has 1 N–H and O–H groups in total. The Morgan fingerprint density at radius 2 is 1.64 bits per heavy atom. The van der Waals surface area contributed by atoms with Crippen LogP contribution in [0.15, 0.2) is 48.5 Å². The number of amides is 1. The summed E-state index contributed by atoms with van der Waals surface area (Å²) in [5.41, 5.74) is 2.63. The zero-order valence-electron chi connectivity index (χ0n) is 15.6. The quantitative estimate of drug-likeness (QED) is 0.632. The van der Waals surface area contributed by atoms with Crippen molar-refractivity contribution in [1.29, 1.82) is 0 Å². The second-order valence-corrected chi connectivity index (χ2v) is 6.60. The van der Waals surface area contributed by atoms with E-state index in [2.05, 4.69) is 10.1 Å². The van der Waals surface area contributed by atoms with Crippen molar-refractivity contribution in [3.05, 3.63) is 54.1 Å². The van der Waals surface area contributed by atoms with Crippen LogP contribution >= 0.6 is 11.8 Å². The Bertz CT molecular complexity index is 761. The van der Waals surface area contributed by atoms with Gasteiger partial charge < -0.3 is 10.1 Å². The zero-order valence-corrected chi connectivity index (χ0v) is 16.3. The SMILES string of the molecule is CC[C@H](NC)C(=O)N(Cl)CCc1ccc(-c2ccc(OC(F)(F)F)cc2)cc1. The van der Waals surface area contributed by atoms with E-state index in [0.717, 1.165) is 16.7 Å². The molecule has 4 nitrogen and oxygen atoms in total. The molecule has 0 aliphatic rings. The molecule has 0 bridgehead atoms. The molecule has 2 aromatic carbocycles. The highest BCUT2D eigenvalue weighted by Gasteiger charge is 2.30. The van der Waals surface area contributed by atoms with E-state index in [9.17, 15) is 18.0 Å². The molecule has 1 amide bonds. The molecule has 0 fully saturated rings. The van der Waals surface area contributed by atoms with Crippen LogP contribution in [-0.2, 0) is 11.2 Å². The van der Waals surface area contributed by atoms with Crippen molar-refractivity contribution < 1.29 is 22.7 Å². The van der Waals surface area contributed by atoms with E-state index in [0.29, 0.717) is 19.4 Å². The first kappa shape index (κ1) is 22.0. The fourth-order valence-electron chi connectivity index (χ4n) is 2.72. The Morgan fingerprint density at radius 1 is 1.11 bits per heavy atom. The van der Waals surface area contributed by atoms with Gasteiger partial charge in [-0.1, -0.05) is 43.3 Å². The normalized spacial score (nSPS) is 12.5. The van der Waals surface area contributed by atoms with Crippen LogP contribution in [0.1, 0.15) is 18.9 Å². The third-order valence-corrected chi connectivity index (χ3v) is 4.60. The summed E-state index contributed by atoms with van der Waals surface area (Å²) in [5.74, 6) is -0.420. The number of likely N-dealkylation sites (N-methyl/N-ethyl adjacent to an activating group) is 1. The van der Waals surface area contributed by atoms with E-state index in [-0.39, 0.29) is 17.7 Å². The average molecular weight is 415 g/mol. The van der Waals surface area contributed by atoms with Crippen LogP contribution in [0.3, 0.4) is 0 Å². The number of ether oxygens (including phenoxy) is 1. The third-order valence-electron chi connectivity index (χ3n) is 4.27. The maximum atomic E-state index is 12.2. The van der Waals surface area contributed by atoms with Crippen LogP contribution < -0.4 is 10.1 Å². The number of hydrogen-bond acceptors (Lipinski definition) is 3. The molecule has 0 spiro atoms. The van der Waals surface area contributed by atoms with Gasteiger partial charge in [-0.05, 0) is 48.7 Å². The Hall–Kier alpha value is -2.25. The van der Waals surface area contributed by atoms with Gasteiger partial charge in [0, 0.05) is 18.3 Å². The smallest absolute Gasteiger partial charge is 0.406 e. The van der Waals surface area contributed by atoms with E-state index in [1.807, 2.05) is 31.2 Å². The van der Waals surface area contributed by atoms with Crippen molar-refractivity contribution in [3.8, 4) is 16.9 Å². The van der Waals surface area contributed by atoms with E-state index >= 15 is 0 Å². The summed E-state index contributed by atoms with van der Waals surface area (Å²) in [7, 11) is 1.72. The molecule has 0 unspecified atom stereocenters. The number of halogens is 4. The number of alkyl halides is 3. The number of nitrogens with zero attached hydrogens (tertiary/aromatic N) is 1. The molecule has 0 heterocycles. The summed E-state index contributed by atoms with van der Waals surface area (Å²) in [6.07, 6.45) is -3.46. The van der Waals surface area contributed by atoms with E-state index < -0.39 is 6.36 Å². The van der Waals surface area contributed by atoms with Crippen LogP contribution in [0.2, 0.25) is 0 Å². The first-order valence-corrected chi connectivity index (χ1v) is 9.17. The fraction of sp³-hybridized carbons (Fsp3) is 0.350. The van der Waals surface area contributed by atoms with Gasteiger partial charge in [0.15, 0.2) is 0 Å². The second kappa shape index (κ2) is 9.80. The van der Waals surface area contributed by atoms with Crippen molar-refractivity contribution in [2.24, 2.45) is 0 Å². The largest absolute Gasteiger partial charge is 0.573 e. The van der Waals surface area contributed by atoms with Gasteiger partial charge in [-0.2, -0.15) is 0 Å². The van der Waals surface area contributed by atoms with Crippen LogP contribution in [0, 0.1) is 0 Å². The maximum absolute atomic E-state index is 12.2. The Balaban J connectivity index is 1.95. The minimum absolute atomic E-state index is 0.163. The highest BCUT2D eigenvalue weighted by atomic mass is 35.5. The number of benzene rings is 2. The molecule has 0 aliphatic carbocycles. The minimum Gasteiger partial charge on any atom is -0.406 e. The Morgan fingerprint density at radius 3 is 2.11 bits per heavy atom. The molecule has 0 saturated carbocycles. The van der Waals surface area contributed by atoms with Crippen molar-refractivity contribution in [2.45, 2.75) is 32.2 Å². The molecular formula is C20H22ClF3N2O2. The summed E-state index contributed by atoms with van der Waals surface area (Å²) in [5, 5.41) is 2.93. The molecule has 2 aromatic rings. The fourth-order valence-corrected chi connectivity index (χ4v) is 2.92. The molecule has 0 aromatic heterocycles. The predicted molar refractivity (Wildman–Crippen MR) is 103 cm³/mol. The standard InChI is InChI=1S/C20H22ClF3N2O2/c1-3-18(25-2)19(27)26(21)13-12-14-4-6-15(7-5-14)16-8-10-17(11-9-16)28-20(22,23)24/h4-11,18,25H,3,12-13H2,1-2H3/t18-/m0/s1. The Kier molecular flexibility index (Phi) is 7.71. The molecule has 0 aliphatic heterocycles. The van der Waals surface area contributed by atoms with Gasteiger partial charge in [0.1, 0.15) is 5.75 Å². The summed E-state index contributed by atoms with van der Waals surface area (Å²) >= 11 is 6.07. The molecule has 2 rings (SSSR count). The maximum Gasteiger partial charge on any atom is 0.573 e. The number of nitrogens with one attached hydrogen (secondary N) is 1. The highest BCUT2D eigenvalue weighted by Crippen LogP contribution is 2.26. The predicted octanol–water partition coefficient (Wildman–Crippen LogP) is 4.78. The van der Waals surface area contributed by atoms with Gasteiger partial charge in [0.25, 0.3) is 5.91 Å². The lowest BCUT2D eigenvalue weighted by Crippen LogP contribution is -2.41.